The van der Waals surface area contributed by atoms with E-state index in [-0.39, 0.29) is 11.3 Å². The van der Waals surface area contributed by atoms with Crippen LogP contribution in [0, 0.1) is 0 Å². The predicted molar refractivity (Wildman–Crippen MR) is 82.9 cm³/mol. The van der Waals surface area contributed by atoms with E-state index in [9.17, 15) is 15.0 Å². The molecule has 1 aromatic rings. The van der Waals surface area contributed by atoms with E-state index in [0.717, 1.165) is 0 Å². The molecule has 23 heavy (non-hydrogen) atoms. The molecule has 5 N–H and O–H groups in total. The summed E-state index contributed by atoms with van der Waals surface area (Å²) in [4.78, 5) is 11.3. The average molecular weight is 330 g/mol. The number of hydrogen-bond donors (Lipinski definition) is 5. The molecule has 8 nitrogen and oxygen atoms in total. The van der Waals surface area contributed by atoms with E-state index in [2.05, 4.69) is 4.74 Å². The van der Waals surface area contributed by atoms with Crippen molar-refractivity contribution in [3.05, 3.63) is 23.8 Å². The summed E-state index contributed by atoms with van der Waals surface area (Å²) in [7, 11) is -0.927. The molecule has 0 saturated carbocycles. The van der Waals surface area contributed by atoms with Crippen LogP contribution >= 0.6 is 0 Å². The van der Waals surface area contributed by atoms with Crippen molar-refractivity contribution in [3.63, 3.8) is 0 Å². The van der Waals surface area contributed by atoms with Gasteiger partial charge in [0.1, 0.15) is 22.7 Å². The molecule has 0 radical (unpaired) electrons. The Kier molecular flexibility index (Phi) is 7.52. The molecule has 0 heterocycles. The van der Waals surface area contributed by atoms with Gasteiger partial charge in [-0.25, -0.2) is 4.79 Å². The van der Waals surface area contributed by atoms with Crippen molar-refractivity contribution in [3.8, 4) is 11.5 Å². The topological polar surface area (TPSA) is 137 Å². The Hall–Kier alpha value is -1.81. The fourth-order valence-electron chi connectivity index (χ4n) is 1.28. The van der Waals surface area contributed by atoms with Crippen LogP contribution in [0.5, 0.6) is 11.5 Å². The highest BCUT2D eigenvalue weighted by Crippen LogP contribution is 2.31. The molecule has 9 heteroatoms. The third-order valence-corrected chi connectivity index (χ3v) is 3.22. The van der Waals surface area contributed by atoms with Crippen molar-refractivity contribution >= 4 is 13.3 Å². The lowest BCUT2D eigenvalue weighted by Gasteiger charge is -2.37. The van der Waals surface area contributed by atoms with Gasteiger partial charge in [0.15, 0.2) is 0 Å². The van der Waals surface area contributed by atoms with E-state index in [1.807, 2.05) is 0 Å². The maximum absolute atomic E-state index is 11.3. The molecule has 1 rings (SSSR count). The number of phenolic OH excluding ortho intramolecular Hbond substituents is 1. The second kappa shape index (κ2) is 8.16. The molecular weight excluding hydrogens is 307 g/mol. The lowest BCUT2D eigenvalue weighted by atomic mass is 9.89. The Bertz CT molecular complexity index is 519. The molecule has 0 unspecified atom stereocenters. The first kappa shape index (κ1) is 21.2. The van der Waals surface area contributed by atoms with Crippen molar-refractivity contribution in [1.82, 2.24) is 0 Å². The second-order valence-electron chi connectivity index (χ2n) is 5.69. The van der Waals surface area contributed by atoms with Crippen LogP contribution in [0.3, 0.4) is 0 Å². The van der Waals surface area contributed by atoms with Crippen LogP contribution in [0.4, 0.5) is 0 Å². The van der Waals surface area contributed by atoms with Gasteiger partial charge in [-0.2, -0.15) is 0 Å². The van der Waals surface area contributed by atoms with Gasteiger partial charge < -0.3 is 34.8 Å². The highest BCUT2D eigenvalue weighted by atomic mass is 16.5. The zero-order chi connectivity index (χ0) is 18.4. The minimum atomic E-state index is -2.17. The molecule has 0 saturated heterocycles. The molecule has 0 aliphatic heterocycles. The number of ether oxygens (including phenoxy) is 2. The maximum atomic E-state index is 11.3. The summed E-state index contributed by atoms with van der Waals surface area (Å²) in [6.07, 6.45) is 0. The van der Waals surface area contributed by atoms with Gasteiger partial charge in [0.25, 0.3) is 0 Å². The number of rotatable bonds is 4. The van der Waals surface area contributed by atoms with Gasteiger partial charge in [-0.1, -0.05) is 0 Å². The van der Waals surface area contributed by atoms with Gasteiger partial charge in [0.05, 0.1) is 12.7 Å². The number of phenols is 1. The number of aromatic hydroxyl groups is 1. The number of carbonyl (C=O) groups is 1. The smallest absolute Gasteiger partial charge is 0.507 e. The monoisotopic (exact) mass is 330 g/mol. The Labute approximate surface area is 135 Å². The number of hydrogen-bond acceptors (Lipinski definition) is 8. The Morgan fingerprint density at radius 2 is 1.61 bits per heavy atom. The molecule has 0 fully saturated rings. The zero-order valence-electron chi connectivity index (χ0n) is 13.8. The molecule has 0 atom stereocenters. The molecule has 0 amide bonds. The van der Waals surface area contributed by atoms with E-state index in [1.54, 1.807) is 33.8 Å². The molecular formula is C14H23BO8. The highest BCUT2D eigenvalue weighted by molar-refractivity contribution is 6.30. The third-order valence-electron chi connectivity index (χ3n) is 3.22. The summed E-state index contributed by atoms with van der Waals surface area (Å²) < 4.78 is 10.2. The molecule has 0 bridgehead atoms. The van der Waals surface area contributed by atoms with Crippen molar-refractivity contribution in [2.75, 3.05) is 7.11 Å². The molecule has 0 aliphatic carbocycles. The lowest BCUT2D eigenvalue weighted by molar-refractivity contribution is -0.0907. The number of benzene rings is 1. The Morgan fingerprint density at radius 1 is 1.13 bits per heavy atom. The standard InChI is InChI=1S/C14H20O5.BH3O3/c1-13(2,17)14(3,4)19-9-6-7-10(11(15)8-9)12(16)18-5;2-1(3)4/h6-8,15,17H,1-5H3;2-4H. The lowest BCUT2D eigenvalue weighted by Crippen LogP contribution is -2.49. The van der Waals surface area contributed by atoms with Crippen LogP contribution in [0.15, 0.2) is 18.2 Å². The van der Waals surface area contributed by atoms with Crippen molar-refractivity contribution in [2.24, 2.45) is 0 Å². The largest absolute Gasteiger partial charge is 0.631 e. The first-order chi connectivity index (χ1) is 10.3. The van der Waals surface area contributed by atoms with Crippen LogP contribution in [0.1, 0.15) is 38.1 Å². The minimum absolute atomic E-state index is 0.0657. The van der Waals surface area contributed by atoms with Crippen LogP contribution in [0.25, 0.3) is 0 Å². The maximum Gasteiger partial charge on any atom is 0.631 e. The van der Waals surface area contributed by atoms with Crippen molar-refractivity contribution < 1.29 is 39.6 Å². The highest BCUT2D eigenvalue weighted by Gasteiger charge is 2.37. The van der Waals surface area contributed by atoms with Crippen LogP contribution in [0.2, 0.25) is 0 Å². The molecule has 0 spiro atoms. The van der Waals surface area contributed by atoms with Crippen LogP contribution in [-0.2, 0) is 4.74 Å². The summed E-state index contributed by atoms with van der Waals surface area (Å²) in [6, 6.07) is 4.27. The van der Waals surface area contributed by atoms with Gasteiger partial charge in [-0.3, -0.25) is 0 Å². The van der Waals surface area contributed by atoms with Crippen molar-refractivity contribution in [1.29, 1.82) is 0 Å². The first-order valence-corrected chi connectivity index (χ1v) is 6.68. The zero-order valence-corrected chi connectivity index (χ0v) is 13.8. The first-order valence-electron chi connectivity index (χ1n) is 6.68. The summed E-state index contributed by atoms with van der Waals surface area (Å²) >= 11 is 0. The van der Waals surface area contributed by atoms with Crippen LogP contribution < -0.4 is 4.74 Å². The van der Waals surface area contributed by atoms with Gasteiger partial charge in [-0.05, 0) is 39.8 Å². The van der Waals surface area contributed by atoms with E-state index in [0.29, 0.717) is 5.75 Å². The van der Waals surface area contributed by atoms with Crippen LogP contribution in [-0.4, -0.2) is 56.9 Å². The summed E-state index contributed by atoms with van der Waals surface area (Å²) in [5.74, 6) is -0.487. The molecule has 0 aliphatic rings. The average Bonchev–Trinajstić information content (AvgIpc) is 2.35. The SMILES string of the molecule is COC(=O)c1ccc(OC(C)(C)C(C)(C)O)cc1O.OB(O)O. The number of esters is 1. The summed E-state index contributed by atoms with van der Waals surface area (Å²) in [6.45, 7) is 6.74. The Balaban J connectivity index is 0.00000108. The Morgan fingerprint density at radius 3 is 1.96 bits per heavy atom. The fraction of sp³-hybridized carbons (Fsp3) is 0.500. The van der Waals surface area contributed by atoms with E-state index in [4.69, 9.17) is 19.8 Å². The van der Waals surface area contributed by atoms with E-state index < -0.39 is 24.5 Å². The second-order valence-corrected chi connectivity index (χ2v) is 5.69. The summed E-state index contributed by atoms with van der Waals surface area (Å²) in [5, 5.41) is 41.2. The number of methoxy groups -OCH3 is 1. The number of carbonyl (C=O) groups excluding carboxylic acids is 1. The van der Waals surface area contributed by atoms with E-state index >= 15 is 0 Å². The fourth-order valence-corrected chi connectivity index (χ4v) is 1.28. The predicted octanol–water partition coefficient (Wildman–Crippen LogP) is 0.0553. The normalized spacial score (nSPS) is 11.2. The number of aliphatic hydroxyl groups is 1. The molecule has 1 aromatic carbocycles. The van der Waals surface area contributed by atoms with Gasteiger partial charge in [-0.15, -0.1) is 0 Å². The van der Waals surface area contributed by atoms with Gasteiger partial charge in [0, 0.05) is 6.07 Å². The molecule has 130 valence electrons. The summed E-state index contributed by atoms with van der Waals surface area (Å²) in [5.41, 5.74) is -1.86. The van der Waals surface area contributed by atoms with Gasteiger partial charge in [0.2, 0.25) is 0 Å². The van der Waals surface area contributed by atoms with Crippen molar-refractivity contribution in [2.45, 2.75) is 38.9 Å². The van der Waals surface area contributed by atoms with Gasteiger partial charge >= 0.3 is 13.3 Å². The minimum Gasteiger partial charge on any atom is -0.507 e. The quantitative estimate of drug-likeness (QED) is 0.386. The third kappa shape index (κ3) is 6.87. The van der Waals surface area contributed by atoms with E-state index in [1.165, 1.54) is 19.2 Å². The molecule has 0 aromatic heterocycles.